The lowest BCUT2D eigenvalue weighted by Crippen LogP contribution is -2.59. The monoisotopic (exact) mass is 349 g/mol. The molecule has 2 amide bonds. The molecule has 1 unspecified atom stereocenters. The molecule has 0 bridgehead atoms. The Hall–Kier alpha value is -2.02. The maximum absolute atomic E-state index is 13.7. The lowest BCUT2D eigenvalue weighted by atomic mass is 10.1. The van der Waals surface area contributed by atoms with Gasteiger partial charge in [0, 0.05) is 50.3 Å². The molecule has 0 aromatic heterocycles. The first-order valence-electron chi connectivity index (χ1n) is 8.75. The third-order valence-corrected chi connectivity index (χ3v) is 5.24. The Morgan fingerprint density at radius 3 is 2.64 bits per heavy atom. The van der Waals surface area contributed by atoms with Gasteiger partial charge in [-0.2, -0.15) is 0 Å². The first-order chi connectivity index (χ1) is 12.0. The van der Waals surface area contributed by atoms with E-state index in [1.165, 1.54) is 12.1 Å². The Balaban J connectivity index is 1.28. The van der Waals surface area contributed by atoms with E-state index in [0.29, 0.717) is 37.8 Å². The smallest absolute Gasteiger partial charge is 0.225 e. The third kappa shape index (κ3) is 3.51. The van der Waals surface area contributed by atoms with E-state index in [1.807, 2.05) is 4.90 Å². The molecular formula is C18H21F2N3O2. The van der Waals surface area contributed by atoms with Crippen LogP contribution in [0.4, 0.5) is 8.78 Å². The fraction of sp³-hybridized carbons (Fsp3) is 0.556. The largest absolute Gasteiger partial charge is 0.353 e. The fourth-order valence-electron chi connectivity index (χ4n) is 3.57. The molecule has 2 saturated heterocycles. The number of nitrogens with one attached hydrogen (secondary N) is 1. The van der Waals surface area contributed by atoms with Crippen LogP contribution in [0.5, 0.6) is 0 Å². The first-order valence-corrected chi connectivity index (χ1v) is 8.75. The Morgan fingerprint density at radius 2 is 1.96 bits per heavy atom. The summed E-state index contributed by atoms with van der Waals surface area (Å²) in [6.07, 6.45) is 2.35. The zero-order valence-electron chi connectivity index (χ0n) is 13.9. The van der Waals surface area contributed by atoms with E-state index in [4.69, 9.17) is 0 Å². The standard InChI is InChI=1S/C18H21F2N3O2/c19-13-2-1-11(16(20)6-13)7-22-9-15(10-22)23-8-12(5-17(23)24)18(25)21-14-3-4-14/h1-2,6,12,14-15H,3-5,7-10H2,(H,21,25). The van der Waals surface area contributed by atoms with Crippen molar-refractivity contribution in [1.29, 1.82) is 0 Å². The number of carbonyl (C=O) groups is 2. The minimum Gasteiger partial charge on any atom is -0.353 e. The second-order valence-electron chi connectivity index (χ2n) is 7.31. The van der Waals surface area contributed by atoms with E-state index >= 15 is 0 Å². The molecule has 0 spiro atoms. The molecule has 5 nitrogen and oxygen atoms in total. The Bertz CT molecular complexity index is 702. The Labute approximate surface area is 145 Å². The van der Waals surface area contributed by atoms with Crippen LogP contribution in [-0.2, 0) is 16.1 Å². The summed E-state index contributed by atoms with van der Waals surface area (Å²) in [5.41, 5.74) is 0.453. The number of rotatable bonds is 5. The third-order valence-electron chi connectivity index (χ3n) is 5.24. The van der Waals surface area contributed by atoms with Crippen LogP contribution in [0, 0.1) is 17.6 Å². The first kappa shape index (κ1) is 16.4. The van der Waals surface area contributed by atoms with E-state index in [-0.39, 0.29) is 30.2 Å². The van der Waals surface area contributed by atoms with Gasteiger partial charge in [0.2, 0.25) is 11.8 Å². The zero-order chi connectivity index (χ0) is 17.6. The molecule has 1 N–H and O–H groups in total. The molecule has 3 aliphatic rings. The summed E-state index contributed by atoms with van der Waals surface area (Å²) in [5, 5.41) is 2.96. The molecule has 2 heterocycles. The average molecular weight is 349 g/mol. The molecule has 1 aliphatic carbocycles. The maximum Gasteiger partial charge on any atom is 0.225 e. The van der Waals surface area contributed by atoms with Gasteiger partial charge in [-0.3, -0.25) is 14.5 Å². The summed E-state index contributed by atoms with van der Waals surface area (Å²) in [5.74, 6) is -1.37. The normalized spacial score (nSPS) is 24.5. The highest BCUT2D eigenvalue weighted by atomic mass is 19.1. The highest BCUT2D eigenvalue weighted by molar-refractivity contribution is 5.89. The van der Waals surface area contributed by atoms with Crippen LogP contribution in [0.1, 0.15) is 24.8 Å². The Kier molecular flexibility index (Phi) is 4.19. The highest BCUT2D eigenvalue weighted by Gasteiger charge is 2.42. The van der Waals surface area contributed by atoms with Gasteiger partial charge >= 0.3 is 0 Å². The quantitative estimate of drug-likeness (QED) is 0.871. The number of halogens is 2. The number of likely N-dealkylation sites (tertiary alicyclic amines) is 2. The van der Waals surface area contributed by atoms with Gasteiger partial charge in [0.1, 0.15) is 11.6 Å². The van der Waals surface area contributed by atoms with Crippen molar-refractivity contribution in [2.45, 2.75) is 37.9 Å². The molecule has 1 aromatic carbocycles. The van der Waals surface area contributed by atoms with Gasteiger partial charge in [-0.25, -0.2) is 8.78 Å². The van der Waals surface area contributed by atoms with Crippen LogP contribution in [0.2, 0.25) is 0 Å². The summed E-state index contributed by atoms with van der Waals surface area (Å²) in [7, 11) is 0. The summed E-state index contributed by atoms with van der Waals surface area (Å²) < 4.78 is 26.6. The number of hydrogen-bond donors (Lipinski definition) is 1. The van der Waals surface area contributed by atoms with E-state index in [2.05, 4.69) is 5.32 Å². The van der Waals surface area contributed by atoms with Gasteiger partial charge in [-0.05, 0) is 18.9 Å². The maximum atomic E-state index is 13.7. The van der Waals surface area contributed by atoms with Crippen molar-refractivity contribution >= 4 is 11.8 Å². The minimum atomic E-state index is -0.582. The van der Waals surface area contributed by atoms with Gasteiger partial charge < -0.3 is 10.2 Å². The lowest BCUT2D eigenvalue weighted by molar-refractivity contribution is -0.133. The molecule has 0 radical (unpaired) electrons. The predicted octanol–water partition coefficient (Wildman–Crippen LogP) is 1.28. The van der Waals surface area contributed by atoms with Crippen LogP contribution < -0.4 is 5.32 Å². The minimum absolute atomic E-state index is 0.0112. The van der Waals surface area contributed by atoms with E-state index in [0.717, 1.165) is 18.9 Å². The van der Waals surface area contributed by atoms with Gasteiger partial charge in [0.15, 0.2) is 0 Å². The average Bonchev–Trinajstić information content (AvgIpc) is 3.25. The SMILES string of the molecule is O=C(NC1CC1)C1CC(=O)N(C2CN(Cc3ccc(F)cc3F)C2)C1. The van der Waals surface area contributed by atoms with Crippen molar-refractivity contribution in [1.82, 2.24) is 15.1 Å². The van der Waals surface area contributed by atoms with E-state index in [9.17, 15) is 18.4 Å². The fourth-order valence-corrected chi connectivity index (χ4v) is 3.57. The number of carbonyl (C=O) groups excluding carboxylic acids is 2. The summed E-state index contributed by atoms with van der Waals surface area (Å²) in [6.45, 7) is 2.18. The molecule has 1 atom stereocenters. The lowest BCUT2D eigenvalue weighted by Gasteiger charge is -2.44. The second kappa shape index (κ2) is 6.37. The molecule has 4 rings (SSSR count). The van der Waals surface area contributed by atoms with Crippen molar-refractivity contribution in [2.24, 2.45) is 5.92 Å². The number of amides is 2. The zero-order valence-corrected chi connectivity index (χ0v) is 13.9. The van der Waals surface area contributed by atoms with Crippen LogP contribution in [0.25, 0.3) is 0 Å². The topological polar surface area (TPSA) is 52.7 Å². The summed E-state index contributed by atoms with van der Waals surface area (Å²) >= 11 is 0. The van der Waals surface area contributed by atoms with Crippen molar-refractivity contribution in [2.75, 3.05) is 19.6 Å². The molecular weight excluding hydrogens is 328 g/mol. The van der Waals surface area contributed by atoms with Crippen molar-refractivity contribution in [3.63, 3.8) is 0 Å². The molecule has 1 saturated carbocycles. The Morgan fingerprint density at radius 1 is 1.20 bits per heavy atom. The van der Waals surface area contributed by atoms with Crippen LogP contribution in [0.15, 0.2) is 18.2 Å². The number of hydrogen-bond acceptors (Lipinski definition) is 3. The van der Waals surface area contributed by atoms with Gasteiger partial charge in [-0.15, -0.1) is 0 Å². The van der Waals surface area contributed by atoms with Gasteiger partial charge in [0.25, 0.3) is 0 Å². The van der Waals surface area contributed by atoms with Crippen molar-refractivity contribution < 1.29 is 18.4 Å². The van der Waals surface area contributed by atoms with E-state index in [1.54, 1.807) is 4.90 Å². The molecule has 1 aromatic rings. The van der Waals surface area contributed by atoms with Crippen LogP contribution >= 0.6 is 0 Å². The predicted molar refractivity (Wildman–Crippen MR) is 86.4 cm³/mol. The molecule has 3 fully saturated rings. The van der Waals surface area contributed by atoms with Crippen LogP contribution in [0.3, 0.4) is 0 Å². The highest BCUT2D eigenvalue weighted by Crippen LogP contribution is 2.27. The number of nitrogens with zero attached hydrogens (tertiary/aromatic N) is 2. The van der Waals surface area contributed by atoms with E-state index < -0.39 is 11.6 Å². The molecule has 25 heavy (non-hydrogen) atoms. The van der Waals surface area contributed by atoms with Crippen LogP contribution in [-0.4, -0.2) is 53.3 Å². The van der Waals surface area contributed by atoms with Crippen molar-refractivity contribution in [3.8, 4) is 0 Å². The molecule has 2 aliphatic heterocycles. The van der Waals surface area contributed by atoms with Gasteiger partial charge in [0.05, 0.1) is 12.0 Å². The van der Waals surface area contributed by atoms with Crippen molar-refractivity contribution in [3.05, 3.63) is 35.4 Å². The van der Waals surface area contributed by atoms with Gasteiger partial charge in [-0.1, -0.05) is 6.07 Å². The molecule has 134 valence electrons. The summed E-state index contributed by atoms with van der Waals surface area (Å²) in [6, 6.07) is 3.98. The summed E-state index contributed by atoms with van der Waals surface area (Å²) in [4.78, 5) is 28.1. The molecule has 7 heteroatoms. The number of benzene rings is 1. The second-order valence-corrected chi connectivity index (χ2v) is 7.31.